The van der Waals surface area contributed by atoms with Crippen molar-refractivity contribution in [3.05, 3.63) is 192 Å². The van der Waals surface area contributed by atoms with E-state index < -0.39 is 5.41 Å². The van der Waals surface area contributed by atoms with Crippen molar-refractivity contribution >= 4 is 22.7 Å². The molecule has 12 nitrogen and oxygen atoms in total. The zero-order valence-corrected chi connectivity index (χ0v) is 39.7. The smallest absolute Gasteiger partial charge is 0.0947 e. The van der Waals surface area contributed by atoms with Gasteiger partial charge in [0, 0.05) is 0 Å². The summed E-state index contributed by atoms with van der Waals surface area (Å²) in [5.41, 5.74) is 20.4. The summed E-state index contributed by atoms with van der Waals surface area (Å²) >= 11 is 0. The molecule has 10 rings (SSSR count). The van der Waals surface area contributed by atoms with E-state index in [2.05, 4.69) is 121 Å². The van der Waals surface area contributed by atoms with Crippen LogP contribution in [0.25, 0.3) is 66.8 Å². The van der Waals surface area contributed by atoms with E-state index in [0.717, 1.165) is 67.3 Å². The first kappa shape index (κ1) is 45.4. The van der Waals surface area contributed by atoms with Crippen LogP contribution in [0.5, 0.6) is 0 Å². The van der Waals surface area contributed by atoms with Crippen molar-refractivity contribution in [1.29, 1.82) is 0 Å². The van der Waals surface area contributed by atoms with Crippen LogP contribution >= 0.6 is 0 Å². The van der Waals surface area contributed by atoms with Crippen LogP contribution in [-0.4, -0.2) is 56.9 Å². The summed E-state index contributed by atoms with van der Waals surface area (Å²) in [6, 6.07) is 60.5. The maximum Gasteiger partial charge on any atom is 0.0947 e. The zero-order valence-electron chi connectivity index (χ0n) is 39.7. The Kier molecular flexibility index (Phi) is 12.5. The van der Waals surface area contributed by atoms with Crippen LogP contribution in [0.4, 0.5) is 22.7 Å². The van der Waals surface area contributed by atoms with E-state index in [1.54, 1.807) is 56.9 Å². The largest absolute Gasteiger partial charge is 0.252 e. The maximum atomic E-state index is 5.43. The van der Waals surface area contributed by atoms with Crippen LogP contribution in [0.2, 0.25) is 0 Å². The molecule has 0 aliphatic heterocycles. The first-order chi connectivity index (χ1) is 33.8. The molecule has 0 unspecified atom stereocenters. The number of fused-ring (bicyclic) bond motifs is 10. The molecule has 0 aromatic heterocycles. The summed E-state index contributed by atoms with van der Waals surface area (Å²) in [5, 5.41) is 5.53. The molecule has 348 valence electrons. The number of nitrogens with zero attached hydrogens (tertiary/aromatic N) is 4. The Balaban J connectivity index is 1.22. The lowest BCUT2D eigenvalue weighted by Crippen LogP contribution is -2.26. The molecule has 0 amide bonds. The third-order valence-corrected chi connectivity index (χ3v) is 13.2. The monoisotopic (exact) mass is 920 g/mol. The second kappa shape index (κ2) is 19.0. The van der Waals surface area contributed by atoms with Crippen molar-refractivity contribution in [3.63, 3.8) is 0 Å². The normalized spacial score (nSPS) is 12.6. The number of rotatable bonds is 16. The van der Waals surface area contributed by atoms with Gasteiger partial charge in [-0.05, 0) is 162 Å². The van der Waals surface area contributed by atoms with Gasteiger partial charge in [0.25, 0.3) is 0 Å². The van der Waals surface area contributed by atoms with Crippen molar-refractivity contribution in [1.82, 2.24) is 0 Å². The lowest BCUT2D eigenvalue weighted by molar-refractivity contribution is -0.0434. The molecule has 2 aliphatic rings. The van der Waals surface area contributed by atoms with Crippen molar-refractivity contribution in [3.8, 4) is 66.8 Å². The molecule has 2 aliphatic carbocycles. The molecular formula is C57H52N4O8. The predicted molar refractivity (Wildman–Crippen MR) is 270 cm³/mol. The van der Waals surface area contributed by atoms with Gasteiger partial charge in [-0.2, -0.15) is 0 Å². The van der Waals surface area contributed by atoms with E-state index in [4.69, 9.17) is 38.7 Å². The summed E-state index contributed by atoms with van der Waals surface area (Å²) < 4.78 is 0. The molecule has 0 saturated heterocycles. The van der Waals surface area contributed by atoms with Gasteiger partial charge in [0.05, 0.1) is 85.0 Å². The molecular weight excluding hydrogens is 869 g/mol. The topological polar surface area (TPSA) is 86.8 Å². The van der Waals surface area contributed by atoms with Crippen molar-refractivity contribution in [2.24, 2.45) is 0 Å². The summed E-state index contributed by atoms with van der Waals surface area (Å²) in [6.45, 7) is 0. The molecule has 12 heteroatoms. The predicted octanol–water partition coefficient (Wildman–Crippen LogP) is 12.4. The number of hydrogen-bond acceptors (Lipinski definition) is 12. The standard InChI is InChI=1S/C57H52N4O8/c1-62-58(63-2)45-21-9-37(10-22-45)41-17-29-49-50-30-18-42(38-11-23-46(24-12-38)59(64-3)65-4)34-54(50)57(53(49)33-41)55-35-43(39-13-25-47(26-14-39)60(66-5)67-6)19-31-51(55)52-32-20-44(36-56(52)57)40-15-27-48(28-16-40)61(68-7)69-8/h9-36H,1-8H3. The van der Waals surface area contributed by atoms with E-state index >= 15 is 0 Å². The fraction of sp³-hybridized carbons (Fsp3) is 0.158. The quantitative estimate of drug-likeness (QED) is 0.0865. The molecule has 0 saturated carbocycles. The molecule has 8 aromatic rings. The highest BCUT2D eigenvalue weighted by Gasteiger charge is 2.52. The van der Waals surface area contributed by atoms with Gasteiger partial charge in [-0.1, -0.05) is 97.1 Å². The van der Waals surface area contributed by atoms with Crippen LogP contribution in [-0.2, 0) is 44.1 Å². The molecule has 0 N–H and O–H groups in total. The van der Waals surface area contributed by atoms with Gasteiger partial charge in [0.15, 0.2) is 0 Å². The maximum absolute atomic E-state index is 5.43. The van der Waals surface area contributed by atoms with E-state index in [1.807, 2.05) is 48.5 Å². The summed E-state index contributed by atoms with van der Waals surface area (Å²) in [7, 11) is 12.6. The first-order valence-corrected chi connectivity index (χ1v) is 22.4. The van der Waals surface area contributed by atoms with Crippen LogP contribution in [0.15, 0.2) is 170 Å². The minimum Gasteiger partial charge on any atom is -0.252 e. The minimum atomic E-state index is -0.745. The lowest BCUT2D eigenvalue weighted by atomic mass is 9.69. The molecule has 1 spiro atoms. The van der Waals surface area contributed by atoms with Gasteiger partial charge in [-0.3, -0.25) is 38.7 Å². The number of benzene rings is 8. The van der Waals surface area contributed by atoms with E-state index in [9.17, 15) is 0 Å². The van der Waals surface area contributed by atoms with Crippen molar-refractivity contribution in [2.45, 2.75) is 5.41 Å². The average molecular weight is 921 g/mol. The molecule has 0 fully saturated rings. The third-order valence-electron chi connectivity index (χ3n) is 13.2. The summed E-state index contributed by atoms with van der Waals surface area (Å²) in [6.07, 6.45) is 0. The molecule has 0 heterocycles. The van der Waals surface area contributed by atoms with Gasteiger partial charge in [0.1, 0.15) is 0 Å². The van der Waals surface area contributed by atoms with E-state index in [0.29, 0.717) is 0 Å². The molecule has 0 radical (unpaired) electrons. The van der Waals surface area contributed by atoms with Crippen molar-refractivity contribution < 1.29 is 38.7 Å². The third kappa shape index (κ3) is 7.69. The Hall–Kier alpha value is -7.36. The Morgan fingerprint density at radius 3 is 0.580 bits per heavy atom. The fourth-order valence-corrected chi connectivity index (χ4v) is 10.2. The highest BCUT2D eigenvalue weighted by molar-refractivity contribution is 5.98. The molecule has 0 bridgehead atoms. The minimum absolute atomic E-state index is 0.745. The van der Waals surface area contributed by atoms with Gasteiger partial charge in [-0.15, -0.1) is 20.9 Å². The number of hydrogen-bond donors (Lipinski definition) is 0. The Bertz CT molecular complexity index is 2690. The van der Waals surface area contributed by atoms with Crippen molar-refractivity contribution in [2.75, 3.05) is 77.8 Å². The van der Waals surface area contributed by atoms with Crippen LogP contribution in [0, 0.1) is 0 Å². The Labute approximate surface area is 402 Å². The highest BCUT2D eigenvalue weighted by Crippen LogP contribution is 2.64. The van der Waals surface area contributed by atoms with Crippen LogP contribution < -0.4 is 20.9 Å². The zero-order chi connectivity index (χ0) is 47.8. The van der Waals surface area contributed by atoms with Crippen LogP contribution in [0.1, 0.15) is 22.3 Å². The van der Waals surface area contributed by atoms with E-state index in [1.165, 1.54) is 65.4 Å². The Morgan fingerprint density at radius 1 is 0.232 bits per heavy atom. The van der Waals surface area contributed by atoms with Gasteiger partial charge in [-0.25, -0.2) is 0 Å². The molecule has 8 aromatic carbocycles. The average Bonchev–Trinajstić information content (AvgIpc) is 3.86. The Morgan fingerprint density at radius 2 is 0.406 bits per heavy atom. The first-order valence-electron chi connectivity index (χ1n) is 22.4. The summed E-state index contributed by atoms with van der Waals surface area (Å²) in [5.74, 6) is 0. The fourth-order valence-electron chi connectivity index (χ4n) is 10.2. The van der Waals surface area contributed by atoms with E-state index in [-0.39, 0.29) is 0 Å². The summed E-state index contributed by atoms with van der Waals surface area (Å²) in [4.78, 5) is 43.5. The van der Waals surface area contributed by atoms with Gasteiger partial charge >= 0.3 is 0 Å². The number of anilines is 4. The molecule has 69 heavy (non-hydrogen) atoms. The molecule has 0 atom stereocenters. The second-order valence-corrected chi connectivity index (χ2v) is 16.5. The van der Waals surface area contributed by atoms with Gasteiger partial charge < -0.3 is 0 Å². The lowest BCUT2D eigenvalue weighted by Gasteiger charge is -2.32. The SMILES string of the molecule is CON(OC)c1ccc(-c2ccc3c(c2)C2(c4cc(-c5ccc(N(OC)OC)cc5)ccc4-3)c3cc(-c4ccc(N(OC)OC)cc4)ccc3-c3ccc(-c4ccc(N(OC)OC)cc4)cc32)cc1. The second-order valence-electron chi connectivity index (χ2n) is 16.5. The van der Waals surface area contributed by atoms with Crippen LogP contribution in [0.3, 0.4) is 0 Å². The highest BCUT2D eigenvalue weighted by atomic mass is 17.0. The van der Waals surface area contributed by atoms with Gasteiger partial charge in [0.2, 0.25) is 0 Å².